The summed E-state index contributed by atoms with van der Waals surface area (Å²) in [7, 11) is -7.18. The van der Waals surface area contributed by atoms with Crippen molar-refractivity contribution in [2.24, 2.45) is 0 Å². The van der Waals surface area contributed by atoms with Crippen molar-refractivity contribution >= 4 is 15.2 Å². The normalized spacial score (nSPS) is 15.4. The first-order valence-electron chi connectivity index (χ1n) is 4.29. The molecule has 90 valence electrons. The van der Waals surface area contributed by atoms with Gasteiger partial charge in [-0.25, -0.2) is 4.57 Å². The van der Waals surface area contributed by atoms with Crippen LogP contribution in [0.1, 0.15) is 0 Å². The third-order valence-electron chi connectivity index (χ3n) is 1.62. The maximum absolute atomic E-state index is 11.8. The van der Waals surface area contributed by atoms with Crippen molar-refractivity contribution in [2.75, 3.05) is 13.0 Å². The summed E-state index contributed by atoms with van der Waals surface area (Å²) in [5, 5.41) is 0. The highest BCUT2D eigenvalue weighted by Gasteiger charge is 2.34. The van der Waals surface area contributed by atoms with Gasteiger partial charge in [-0.05, 0) is 12.1 Å². The summed E-state index contributed by atoms with van der Waals surface area (Å²) < 4.78 is 32.1. The molecule has 2 N–H and O–H groups in total. The molecule has 0 bridgehead atoms. The van der Waals surface area contributed by atoms with Crippen molar-refractivity contribution < 1.29 is 28.0 Å². The third-order valence-corrected chi connectivity index (χ3v) is 5.53. The van der Waals surface area contributed by atoms with Gasteiger partial charge in [0, 0.05) is 7.11 Å². The Hall–Kier alpha value is -0.640. The molecule has 0 aromatic heterocycles. The van der Waals surface area contributed by atoms with E-state index in [0.29, 0.717) is 0 Å². The van der Waals surface area contributed by atoms with Crippen LogP contribution in [0.3, 0.4) is 0 Å². The average Bonchev–Trinajstić information content (AvgIpc) is 2.16. The van der Waals surface area contributed by atoms with E-state index in [4.69, 9.17) is 14.3 Å². The molecule has 0 aliphatic heterocycles. The molecule has 1 rings (SSSR count). The lowest BCUT2D eigenvalue weighted by Crippen LogP contribution is -2.00. The first-order chi connectivity index (χ1) is 7.35. The van der Waals surface area contributed by atoms with E-state index in [9.17, 15) is 9.13 Å². The van der Waals surface area contributed by atoms with Gasteiger partial charge in [-0.1, -0.05) is 18.2 Å². The molecule has 1 atom stereocenters. The fraction of sp³-hybridized carbons (Fsp3) is 0.250. The molecular weight excluding hydrogens is 254 g/mol. The minimum Gasteiger partial charge on any atom is -0.424 e. The summed E-state index contributed by atoms with van der Waals surface area (Å²) in [6, 6.07) is 8.06. The van der Waals surface area contributed by atoms with Crippen LogP contribution in [0.2, 0.25) is 0 Å². The number of benzene rings is 1. The molecular formula is C8H12O6P2. The van der Waals surface area contributed by atoms with Crippen LogP contribution >= 0.6 is 15.2 Å². The molecule has 6 nitrogen and oxygen atoms in total. The Morgan fingerprint density at radius 2 is 1.75 bits per heavy atom. The third kappa shape index (κ3) is 4.47. The van der Waals surface area contributed by atoms with Crippen LogP contribution in [0.15, 0.2) is 30.3 Å². The zero-order chi connectivity index (χ0) is 12.2. The van der Waals surface area contributed by atoms with Crippen LogP contribution in [0, 0.1) is 0 Å². The molecule has 8 heteroatoms. The zero-order valence-electron chi connectivity index (χ0n) is 8.52. The number of hydrogen-bond acceptors (Lipinski definition) is 4. The predicted octanol–water partition coefficient (Wildman–Crippen LogP) is 2.04. The predicted molar refractivity (Wildman–Crippen MR) is 58.6 cm³/mol. The molecule has 0 saturated heterocycles. The molecule has 0 fully saturated rings. The van der Waals surface area contributed by atoms with Gasteiger partial charge in [0.1, 0.15) is 5.75 Å². The van der Waals surface area contributed by atoms with Crippen LogP contribution in [-0.2, 0) is 13.7 Å². The van der Waals surface area contributed by atoms with Crippen molar-refractivity contribution in [1.29, 1.82) is 0 Å². The van der Waals surface area contributed by atoms with Crippen LogP contribution in [0.5, 0.6) is 5.75 Å². The Kier molecular flexibility index (Phi) is 4.30. The summed E-state index contributed by atoms with van der Waals surface area (Å²) in [5.41, 5.74) is 0. The van der Waals surface area contributed by atoms with E-state index < -0.39 is 21.1 Å². The first-order valence-corrected chi connectivity index (χ1v) is 7.81. The lowest BCUT2D eigenvalue weighted by Gasteiger charge is -2.17. The maximum atomic E-state index is 11.8. The lowest BCUT2D eigenvalue weighted by atomic mass is 10.3. The summed E-state index contributed by atoms with van der Waals surface area (Å²) in [5.74, 6) is -0.702. The second kappa shape index (κ2) is 5.13. The summed E-state index contributed by atoms with van der Waals surface area (Å²) in [6.45, 7) is 0. The van der Waals surface area contributed by atoms with Crippen LogP contribution < -0.4 is 4.52 Å². The summed E-state index contributed by atoms with van der Waals surface area (Å²) >= 11 is 0. The van der Waals surface area contributed by atoms with Gasteiger partial charge in [-0.2, -0.15) is 0 Å². The molecule has 0 aliphatic carbocycles. The summed E-state index contributed by atoms with van der Waals surface area (Å²) in [4.78, 5) is 17.5. The summed E-state index contributed by atoms with van der Waals surface area (Å²) in [6.07, 6.45) is 0. The molecule has 16 heavy (non-hydrogen) atoms. The monoisotopic (exact) mass is 266 g/mol. The molecule has 0 spiro atoms. The molecule has 1 aromatic rings. The highest BCUT2D eigenvalue weighted by Crippen LogP contribution is 2.58. The molecule has 0 radical (unpaired) electrons. The van der Waals surface area contributed by atoms with Gasteiger partial charge >= 0.3 is 15.2 Å². The first kappa shape index (κ1) is 13.4. The number of rotatable bonds is 5. The number of para-hydroxylation sites is 1. The minimum absolute atomic E-state index is 0.237. The highest BCUT2D eigenvalue weighted by atomic mass is 31.2. The van der Waals surface area contributed by atoms with E-state index in [2.05, 4.69) is 4.52 Å². The second-order valence-electron chi connectivity index (χ2n) is 3.00. The van der Waals surface area contributed by atoms with E-state index in [1.54, 1.807) is 18.2 Å². The van der Waals surface area contributed by atoms with Crippen LogP contribution in [0.4, 0.5) is 0 Å². The van der Waals surface area contributed by atoms with Crippen LogP contribution in [-0.4, -0.2) is 22.8 Å². The van der Waals surface area contributed by atoms with Crippen molar-refractivity contribution in [2.45, 2.75) is 0 Å². The quantitative estimate of drug-likeness (QED) is 0.792. The minimum atomic E-state index is -4.45. The molecule has 1 unspecified atom stereocenters. The van der Waals surface area contributed by atoms with E-state index in [1.807, 2.05) is 0 Å². The number of hydrogen-bond donors (Lipinski definition) is 2. The standard InChI is InChI=1S/C8H12O6P2/c1-13-16(12,7-15(9,10)11)14-8-5-3-2-4-6-8/h2-6H,7H2,1H3,(H2,9,10,11). The Bertz CT molecular complexity index is 425. The molecule has 0 heterocycles. The van der Waals surface area contributed by atoms with Gasteiger partial charge < -0.3 is 18.8 Å². The smallest absolute Gasteiger partial charge is 0.391 e. The molecule has 0 saturated carbocycles. The van der Waals surface area contributed by atoms with E-state index in [0.717, 1.165) is 7.11 Å². The van der Waals surface area contributed by atoms with Crippen molar-refractivity contribution in [3.63, 3.8) is 0 Å². The Labute approximate surface area is 92.9 Å². The van der Waals surface area contributed by atoms with Gasteiger partial charge in [-0.3, -0.25) is 4.57 Å². The van der Waals surface area contributed by atoms with Crippen molar-refractivity contribution in [3.05, 3.63) is 30.3 Å². The molecule has 1 aromatic carbocycles. The fourth-order valence-electron chi connectivity index (χ4n) is 0.991. The Morgan fingerprint density at radius 1 is 1.19 bits per heavy atom. The van der Waals surface area contributed by atoms with Gasteiger partial charge in [0.05, 0.1) is 0 Å². The Morgan fingerprint density at radius 3 is 2.19 bits per heavy atom. The van der Waals surface area contributed by atoms with Crippen molar-refractivity contribution in [1.82, 2.24) is 0 Å². The van der Waals surface area contributed by atoms with Gasteiger partial charge in [0.25, 0.3) is 0 Å². The van der Waals surface area contributed by atoms with E-state index in [1.165, 1.54) is 12.1 Å². The van der Waals surface area contributed by atoms with E-state index in [-0.39, 0.29) is 5.75 Å². The van der Waals surface area contributed by atoms with Gasteiger partial charge in [-0.15, -0.1) is 0 Å². The van der Waals surface area contributed by atoms with Crippen molar-refractivity contribution in [3.8, 4) is 5.75 Å². The Balaban J connectivity index is 2.83. The largest absolute Gasteiger partial charge is 0.424 e. The SMILES string of the molecule is COP(=O)(CP(=O)(O)O)Oc1ccccc1. The molecule has 0 aliphatic rings. The van der Waals surface area contributed by atoms with Gasteiger partial charge in [0.2, 0.25) is 0 Å². The topological polar surface area (TPSA) is 93.1 Å². The fourth-order valence-corrected chi connectivity index (χ4v) is 4.01. The van der Waals surface area contributed by atoms with Crippen LogP contribution in [0.25, 0.3) is 0 Å². The second-order valence-corrected chi connectivity index (χ2v) is 7.23. The molecule has 0 amide bonds. The maximum Gasteiger partial charge on any atom is 0.391 e. The lowest BCUT2D eigenvalue weighted by molar-refractivity contribution is 0.319. The zero-order valence-corrected chi connectivity index (χ0v) is 10.3. The highest BCUT2D eigenvalue weighted by molar-refractivity contribution is 7.70. The van der Waals surface area contributed by atoms with E-state index >= 15 is 0 Å². The van der Waals surface area contributed by atoms with Gasteiger partial charge in [0.15, 0.2) is 5.90 Å². The average molecular weight is 266 g/mol.